The number of ether oxygens (including phenoxy) is 3. The van der Waals surface area contributed by atoms with Crippen molar-refractivity contribution in [2.75, 3.05) is 13.2 Å². The second-order valence-corrected chi connectivity index (χ2v) is 22.0. The average molecular weight is 1150 g/mol. The van der Waals surface area contributed by atoms with Crippen LogP contribution in [0.5, 0.6) is 0 Å². The largest absolute Gasteiger partial charge is 0.462 e. The number of hydrogen-bond donors (Lipinski definition) is 0. The van der Waals surface area contributed by atoms with E-state index in [0.717, 1.165) is 173 Å². The van der Waals surface area contributed by atoms with Gasteiger partial charge in [0.1, 0.15) is 13.2 Å². The van der Waals surface area contributed by atoms with Gasteiger partial charge in [-0.15, -0.1) is 0 Å². The second-order valence-electron chi connectivity index (χ2n) is 22.0. The molecule has 83 heavy (non-hydrogen) atoms. The smallest absolute Gasteiger partial charge is 0.306 e. The van der Waals surface area contributed by atoms with E-state index in [-0.39, 0.29) is 31.1 Å². The molecule has 0 N–H and O–H groups in total. The van der Waals surface area contributed by atoms with Crippen LogP contribution in [0.2, 0.25) is 0 Å². The van der Waals surface area contributed by atoms with Crippen molar-refractivity contribution in [1.29, 1.82) is 0 Å². The van der Waals surface area contributed by atoms with E-state index in [1.807, 2.05) is 0 Å². The van der Waals surface area contributed by atoms with Crippen molar-refractivity contribution in [1.82, 2.24) is 0 Å². The minimum absolute atomic E-state index is 0.0989. The normalized spacial score (nSPS) is 13.1. The lowest BCUT2D eigenvalue weighted by Crippen LogP contribution is -2.30. The minimum Gasteiger partial charge on any atom is -0.462 e. The summed E-state index contributed by atoms with van der Waals surface area (Å²) in [6.07, 6.45) is 101. The third-order valence-corrected chi connectivity index (χ3v) is 14.0. The lowest BCUT2D eigenvalue weighted by atomic mass is 10.1. The van der Waals surface area contributed by atoms with Gasteiger partial charge in [-0.3, -0.25) is 14.4 Å². The van der Waals surface area contributed by atoms with Crippen molar-refractivity contribution in [3.8, 4) is 0 Å². The Morgan fingerprint density at radius 1 is 0.253 bits per heavy atom. The van der Waals surface area contributed by atoms with Gasteiger partial charge in [0.05, 0.1) is 0 Å². The summed E-state index contributed by atoms with van der Waals surface area (Å²) in [4.78, 5) is 38.4. The van der Waals surface area contributed by atoms with Gasteiger partial charge in [-0.25, -0.2) is 0 Å². The third-order valence-electron chi connectivity index (χ3n) is 14.0. The molecule has 0 fully saturated rings. The molecule has 0 aliphatic rings. The van der Waals surface area contributed by atoms with Crippen LogP contribution < -0.4 is 0 Å². The van der Waals surface area contributed by atoms with E-state index < -0.39 is 6.10 Å². The van der Waals surface area contributed by atoms with Crippen LogP contribution in [0.3, 0.4) is 0 Å². The fourth-order valence-electron chi connectivity index (χ4n) is 8.91. The molecule has 6 heteroatoms. The first kappa shape index (κ1) is 78.0. The zero-order valence-electron chi connectivity index (χ0n) is 53.7. The lowest BCUT2D eigenvalue weighted by molar-refractivity contribution is -0.167. The number of carbonyl (C=O) groups excluding carboxylic acids is 3. The van der Waals surface area contributed by atoms with Crippen molar-refractivity contribution in [2.24, 2.45) is 0 Å². The zero-order chi connectivity index (χ0) is 59.9. The summed E-state index contributed by atoms with van der Waals surface area (Å²) in [6.45, 7) is 6.45. The molecule has 0 aromatic carbocycles. The molecule has 0 amide bonds. The van der Waals surface area contributed by atoms with E-state index in [9.17, 15) is 14.4 Å². The van der Waals surface area contributed by atoms with Crippen molar-refractivity contribution < 1.29 is 28.6 Å². The number of unbranched alkanes of at least 4 members (excludes halogenated alkanes) is 23. The molecule has 0 aliphatic heterocycles. The molecule has 1 unspecified atom stereocenters. The van der Waals surface area contributed by atoms with Gasteiger partial charge >= 0.3 is 17.9 Å². The first-order chi connectivity index (χ1) is 41.0. The first-order valence-corrected chi connectivity index (χ1v) is 34.0. The maximum atomic E-state index is 12.9. The van der Waals surface area contributed by atoms with E-state index in [4.69, 9.17) is 14.2 Å². The molecule has 0 rings (SSSR count). The summed E-state index contributed by atoms with van der Waals surface area (Å²) < 4.78 is 16.9. The summed E-state index contributed by atoms with van der Waals surface area (Å²) in [5, 5.41) is 0. The van der Waals surface area contributed by atoms with Crippen molar-refractivity contribution in [3.63, 3.8) is 0 Å². The number of allylic oxidation sites excluding steroid dienone is 26. The van der Waals surface area contributed by atoms with Gasteiger partial charge in [0, 0.05) is 19.3 Å². The third kappa shape index (κ3) is 67.7. The predicted molar refractivity (Wildman–Crippen MR) is 362 cm³/mol. The highest BCUT2D eigenvalue weighted by molar-refractivity contribution is 5.71. The van der Waals surface area contributed by atoms with Gasteiger partial charge in [-0.2, -0.15) is 0 Å². The molecule has 6 nitrogen and oxygen atoms in total. The Morgan fingerprint density at radius 2 is 0.470 bits per heavy atom. The number of esters is 3. The summed E-state index contributed by atoms with van der Waals surface area (Å²) in [5.74, 6) is -0.940. The van der Waals surface area contributed by atoms with Gasteiger partial charge in [0.15, 0.2) is 6.10 Å². The molecule has 0 heterocycles. The Hall–Kier alpha value is -4.97. The maximum Gasteiger partial charge on any atom is 0.306 e. The molecule has 0 saturated carbocycles. The quantitative estimate of drug-likeness (QED) is 0.0261. The van der Waals surface area contributed by atoms with E-state index in [1.165, 1.54) is 77.0 Å². The Balaban J connectivity index is 4.38. The number of hydrogen-bond acceptors (Lipinski definition) is 6. The van der Waals surface area contributed by atoms with Gasteiger partial charge in [0.25, 0.3) is 0 Å². The van der Waals surface area contributed by atoms with E-state index in [1.54, 1.807) is 0 Å². The Labute approximate surface area is 511 Å². The summed E-state index contributed by atoms with van der Waals surface area (Å²) >= 11 is 0. The number of rotatable bonds is 60. The Bertz CT molecular complexity index is 1840. The highest BCUT2D eigenvalue weighted by atomic mass is 16.6. The highest BCUT2D eigenvalue weighted by Crippen LogP contribution is 2.14. The Kier molecular flexibility index (Phi) is 65.4. The summed E-state index contributed by atoms with van der Waals surface area (Å²) in [7, 11) is 0. The first-order valence-electron chi connectivity index (χ1n) is 34.0. The molecule has 0 aliphatic carbocycles. The van der Waals surface area contributed by atoms with Gasteiger partial charge in [0.2, 0.25) is 0 Å². The topological polar surface area (TPSA) is 78.9 Å². The Morgan fingerprint density at radius 3 is 0.771 bits per heavy atom. The molecular formula is C77H124O6. The van der Waals surface area contributed by atoms with E-state index >= 15 is 0 Å². The minimum atomic E-state index is -0.805. The summed E-state index contributed by atoms with van der Waals surface area (Å²) in [5.41, 5.74) is 0. The van der Waals surface area contributed by atoms with E-state index in [2.05, 4.69) is 179 Å². The molecule has 0 spiro atoms. The number of carbonyl (C=O) groups is 3. The average Bonchev–Trinajstić information content (AvgIpc) is 3.49. The monoisotopic (exact) mass is 1140 g/mol. The fourth-order valence-corrected chi connectivity index (χ4v) is 8.91. The fraction of sp³-hybridized carbons (Fsp3) is 0.623. The second kappa shape index (κ2) is 69.5. The molecule has 0 radical (unpaired) electrons. The van der Waals surface area contributed by atoms with Crippen LogP contribution in [-0.2, 0) is 28.6 Å². The van der Waals surface area contributed by atoms with Crippen LogP contribution >= 0.6 is 0 Å². The predicted octanol–water partition coefficient (Wildman–Crippen LogP) is 23.7. The molecule has 0 bridgehead atoms. The van der Waals surface area contributed by atoms with Crippen molar-refractivity contribution in [3.05, 3.63) is 158 Å². The SMILES string of the molecule is CC/C=C\C/C=C\C/C=C\C/C=C\C/C=C\C/C=C\C/C=C\C/C=C\C/C=C\CCCCCCCC(=O)OCC(COC(=O)CCCCCCC/C=C\CCCCCC)OC(=O)CCCCCCCC/C=C\C/C=C\C/C=C\CCCCC. The van der Waals surface area contributed by atoms with E-state index in [0.29, 0.717) is 19.3 Å². The van der Waals surface area contributed by atoms with Crippen LogP contribution in [0.4, 0.5) is 0 Å². The molecule has 0 aromatic heterocycles. The molecule has 0 aromatic rings. The summed E-state index contributed by atoms with van der Waals surface area (Å²) in [6, 6.07) is 0. The highest BCUT2D eigenvalue weighted by Gasteiger charge is 2.19. The maximum absolute atomic E-state index is 12.9. The van der Waals surface area contributed by atoms with Crippen LogP contribution in [0, 0.1) is 0 Å². The molecule has 468 valence electrons. The molecule has 0 saturated heterocycles. The van der Waals surface area contributed by atoms with Gasteiger partial charge in [-0.1, -0.05) is 275 Å². The van der Waals surface area contributed by atoms with Crippen molar-refractivity contribution in [2.45, 2.75) is 297 Å². The molecule has 1 atom stereocenters. The van der Waals surface area contributed by atoms with Crippen LogP contribution in [0.15, 0.2) is 158 Å². The lowest BCUT2D eigenvalue weighted by Gasteiger charge is -2.18. The molecular weight excluding hydrogens is 1020 g/mol. The van der Waals surface area contributed by atoms with Gasteiger partial charge < -0.3 is 14.2 Å². The van der Waals surface area contributed by atoms with Crippen LogP contribution in [0.25, 0.3) is 0 Å². The van der Waals surface area contributed by atoms with Crippen molar-refractivity contribution >= 4 is 17.9 Å². The van der Waals surface area contributed by atoms with Crippen LogP contribution in [-0.4, -0.2) is 37.2 Å². The zero-order valence-corrected chi connectivity index (χ0v) is 53.7. The van der Waals surface area contributed by atoms with Crippen LogP contribution in [0.1, 0.15) is 290 Å². The van der Waals surface area contributed by atoms with Gasteiger partial charge in [-0.05, 0) is 154 Å². The standard InChI is InChI=1S/C77H124O6/c1-4-7-10-13-16-19-22-25-27-29-31-32-33-34-35-36-37-38-39-40-41-42-43-44-46-47-49-52-55-58-61-64-67-70-76(79)82-73-74(72-81-75(78)69-66-63-60-57-54-51-24-21-18-15-12-9-6-3)83-77(80)71-68-65-62-59-56-53-50-48-45-30-28-26-23-20-17-14-11-8-5-2/h7,10,16-17,19-21,24-28,31-32,34-35,37-38,40-41,43-45,47-49,74H,4-6,8-9,11-15,18,22-23,29-30,33,36,39,42,46,50-73H2,1-3H3/b10-7-,19-16-,20-17-,24-21-,27-25-,28-26-,32-31-,35-34-,38-37-,41-40-,44-43-,48-45-,49-47-.